The second kappa shape index (κ2) is 9.90. The zero-order chi connectivity index (χ0) is 24.3. The molecule has 1 fully saturated rings. The second-order valence-corrected chi connectivity index (χ2v) is 10.0. The third-order valence-electron chi connectivity index (χ3n) is 5.89. The summed E-state index contributed by atoms with van der Waals surface area (Å²) in [6, 6.07) is 16.4. The Balaban J connectivity index is 1.39. The fourth-order valence-corrected chi connectivity index (χ4v) is 5.49. The van der Waals surface area contributed by atoms with E-state index in [2.05, 4.69) is 0 Å². The maximum absolute atomic E-state index is 13.2. The number of fused-ring (bicyclic) bond motifs is 1. The van der Waals surface area contributed by atoms with Crippen molar-refractivity contribution < 1.29 is 27.4 Å². The minimum absolute atomic E-state index is 0.201. The van der Waals surface area contributed by atoms with E-state index >= 15 is 0 Å². The van der Waals surface area contributed by atoms with Crippen molar-refractivity contribution in [2.45, 2.75) is 11.8 Å². The molecular formula is C25H28N2O6S. The molecule has 9 heteroatoms. The van der Waals surface area contributed by atoms with Crippen molar-refractivity contribution >= 4 is 26.7 Å². The number of carbonyl (C=O) groups is 1. The highest BCUT2D eigenvalue weighted by Crippen LogP contribution is 2.38. The summed E-state index contributed by atoms with van der Waals surface area (Å²) in [4.78, 5) is 14.6. The molecule has 34 heavy (non-hydrogen) atoms. The lowest BCUT2D eigenvalue weighted by Gasteiger charge is -2.34. The summed E-state index contributed by atoms with van der Waals surface area (Å²) in [6.07, 6.45) is 0. The molecule has 0 bridgehead atoms. The molecule has 0 N–H and O–H groups in total. The predicted octanol–water partition coefficient (Wildman–Crippen LogP) is 3.08. The third kappa shape index (κ3) is 4.80. The number of hydrogen-bond acceptors (Lipinski definition) is 6. The maximum atomic E-state index is 13.2. The Morgan fingerprint density at radius 3 is 2.12 bits per heavy atom. The fraction of sp³-hybridized carbons (Fsp3) is 0.320. The molecule has 1 amide bonds. The van der Waals surface area contributed by atoms with Crippen LogP contribution in [0.5, 0.6) is 17.2 Å². The van der Waals surface area contributed by atoms with Gasteiger partial charge in [0.05, 0.1) is 19.1 Å². The summed E-state index contributed by atoms with van der Waals surface area (Å²) in [5.74, 6) is 1.10. The van der Waals surface area contributed by atoms with Gasteiger partial charge in [0, 0.05) is 26.2 Å². The van der Waals surface area contributed by atoms with Gasteiger partial charge in [0.15, 0.2) is 18.1 Å². The minimum Gasteiger partial charge on any atom is -0.493 e. The number of ether oxygens (including phenoxy) is 3. The lowest BCUT2D eigenvalue weighted by molar-refractivity contribution is -0.134. The second-order valence-electron chi connectivity index (χ2n) is 8.08. The molecule has 0 saturated carbocycles. The quantitative estimate of drug-likeness (QED) is 0.512. The lowest BCUT2D eigenvalue weighted by atomic mass is 10.1. The van der Waals surface area contributed by atoms with E-state index in [1.165, 1.54) is 18.5 Å². The normalized spacial score (nSPS) is 14.7. The van der Waals surface area contributed by atoms with Gasteiger partial charge in [-0.25, -0.2) is 8.42 Å². The van der Waals surface area contributed by atoms with E-state index in [9.17, 15) is 13.2 Å². The molecule has 3 aromatic rings. The van der Waals surface area contributed by atoms with Gasteiger partial charge >= 0.3 is 0 Å². The van der Waals surface area contributed by atoms with Crippen molar-refractivity contribution in [1.82, 2.24) is 9.21 Å². The molecular weight excluding hydrogens is 456 g/mol. The van der Waals surface area contributed by atoms with E-state index in [4.69, 9.17) is 14.2 Å². The third-order valence-corrected chi connectivity index (χ3v) is 7.79. The first kappa shape index (κ1) is 23.8. The van der Waals surface area contributed by atoms with Crippen LogP contribution < -0.4 is 14.2 Å². The van der Waals surface area contributed by atoms with Crippen molar-refractivity contribution in [3.05, 3.63) is 60.2 Å². The van der Waals surface area contributed by atoms with Gasteiger partial charge in [-0.1, -0.05) is 30.3 Å². The van der Waals surface area contributed by atoms with Gasteiger partial charge in [0.1, 0.15) is 0 Å². The molecule has 0 spiro atoms. The van der Waals surface area contributed by atoms with E-state index in [1.807, 2.05) is 37.3 Å². The largest absolute Gasteiger partial charge is 0.493 e. The van der Waals surface area contributed by atoms with Crippen LogP contribution in [0.15, 0.2) is 59.5 Å². The van der Waals surface area contributed by atoms with Crippen LogP contribution in [0, 0.1) is 6.92 Å². The van der Waals surface area contributed by atoms with Crippen LogP contribution in [0.2, 0.25) is 0 Å². The number of rotatable bonds is 7. The number of piperazine rings is 1. The van der Waals surface area contributed by atoms with Gasteiger partial charge in [0.25, 0.3) is 5.91 Å². The van der Waals surface area contributed by atoms with Crippen LogP contribution in [-0.4, -0.2) is 70.5 Å². The average molecular weight is 485 g/mol. The van der Waals surface area contributed by atoms with Crippen LogP contribution >= 0.6 is 0 Å². The molecule has 1 aliphatic rings. The number of sulfonamides is 1. The molecule has 1 saturated heterocycles. The molecule has 180 valence electrons. The molecule has 0 atom stereocenters. The van der Waals surface area contributed by atoms with Gasteiger partial charge in [-0.3, -0.25) is 4.79 Å². The molecule has 8 nitrogen and oxygen atoms in total. The van der Waals surface area contributed by atoms with Crippen LogP contribution in [0.1, 0.15) is 5.56 Å². The number of methoxy groups -OCH3 is 2. The monoisotopic (exact) mass is 484 g/mol. The highest BCUT2D eigenvalue weighted by molar-refractivity contribution is 7.89. The standard InChI is InChI=1S/C25H28N2O6S/c1-18-14-22(31-2)25(23(15-18)32-3)33-17-24(28)26-10-12-27(13-11-26)34(29,30)21-9-8-19-6-4-5-7-20(19)16-21/h4-9,14-16H,10-13,17H2,1-3H3. The Kier molecular flexibility index (Phi) is 6.95. The Morgan fingerprint density at radius 1 is 0.882 bits per heavy atom. The average Bonchev–Trinajstić information content (AvgIpc) is 2.86. The number of benzene rings is 3. The van der Waals surface area contributed by atoms with Crippen LogP contribution in [0.4, 0.5) is 0 Å². The summed E-state index contributed by atoms with van der Waals surface area (Å²) < 4.78 is 44.2. The Morgan fingerprint density at radius 2 is 1.50 bits per heavy atom. The summed E-state index contributed by atoms with van der Waals surface area (Å²) in [6.45, 7) is 2.73. The first-order chi connectivity index (χ1) is 16.3. The number of carbonyl (C=O) groups excluding carboxylic acids is 1. The number of nitrogens with zero attached hydrogens (tertiary/aromatic N) is 2. The number of aryl methyl sites for hydroxylation is 1. The number of amides is 1. The lowest BCUT2D eigenvalue weighted by Crippen LogP contribution is -2.51. The molecule has 3 aromatic carbocycles. The smallest absolute Gasteiger partial charge is 0.260 e. The topological polar surface area (TPSA) is 85.4 Å². The molecule has 0 radical (unpaired) electrons. The van der Waals surface area contributed by atoms with Gasteiger partial charge in [0.2, 0.25) is 15.8 Å². The highest BCUT2D eigenvalue weighted by Gasteiger charge is 2.30. The zero-order valence-corrected chi connectivity index (χ0v) is 20.3. The van der Waals surface area contributed by atoms with Crippen LogP contribution in [0.3, 0.4) is 0 Å². The van der Waals surface area contributed by atoms with Crippen molar-refractivity contribution in [2.75, 3.05) is 47.0 Å². The van der Waals surface area contributed by atoms with E-state index in [0.29, 0.717) is 17.2 Å². The molecule has 1 heterocycles. The van der Waals surface area contributed by atoms with E-state index < -0.39 is 10.0 Å². The van der Waals surface area contributed by atoms with Gasteiger partial charge in [-0.05, 0) is 47.5 Å². The summed E-state index contributed by atoms with van der Waals surface area (Å²) >= 11 is 0. The van der Waals surface area contributed by atoms with Crippen molar-refractivity contribution in [3.8, 4) is 17.2 Å². The Hall–Kier alpha value is -3.30. The van der Waals surface area contributed by atoms with Crippen molar-refractivity contribution in [2.24, 2.45) is 0 Å². The Labute approximate surface area is 199 Å². The zero-order valence-electron chi connectivity index (χ0n) is 19.5. The summed E-state index contributed by atoms with van der Waals surface area (Å²) in [5, 5.41) is 1.86. The molecule has 1 aliphatic heterocycles. The molecule has 0 aromatic heterocycles. The first-order valence-corrected chi connectivity index (χ1v) is 12.4. The first-order valence-electron chi connectivity index (χ1n) is 11.0. The van der Waals surface area contributed by atoms with Crippen molar-refractivity contribution in [1.29, 1.82) is 0 Å². The number of hydrogen-bond donors (Lipinski definition) is 0. The minimum atomic E-state index is -3.65. The van der Waals surface area contributed by atoms with E-state index in [1.54, 1.807) is 29.2 Å². The summed E-state index contributed by atoms with van der Waals surface area (Å²) in [5.41, 5.74) is 0.941. The van der Waals surface area contributed by atoms with Gasteiger partial charge in [-0.15, -0.1) is 0 Å². The van der Waals surface area contributed by atoms with E-state index in [0.717, 1.165) is 16.3 Å². The Bertz CT molecular complexity index is 1270. The molecule has 0 unspecified atom stereocenters. The molecule has 4 rings (SSSR count). The predicted molar refractivity (Wildman–Crippen MR) is 129 cm³/mol. The summed E-state index contributed by atoms with van der Waals surface area (Å²) in [7, 11) is -0.597. The maximum Gasteiger partial charge on any atom is 0.260 e. The van der Waals surface area contributed by atoms with Gasteiger partial charge < -0.3 is 19.1 Å². The highest BCUT2D eigenvalue weighted by atomic mass is 32.2. The van der Waals surface area contributed by atoms with E-state index in [-0.39, 0.29) is 43.6 Å². The van der Waals surface area contributed by atoms with Crippen LogP contribution in [-0.2, 0) is 14.8 Å². The van der Waals surface area contributed by atoms with Crippen LogP contribution in [0.25, 0.3) is 10.8 Å². The fourth-order valence-electron chi connectivity index (χ4n) is 4.03. The SMILES string of the molecule is COc1cc(C)cc(OC)c1OCC(=O)N1CCN(S(=O)(=O)c2ccc3ccccc3c2)CC1. The molecule has 0 aliphatic carbocycles. The van der Waals surface area contributed by atoms with Gasteiger partial charge in [-0.2, -0.15) is 4.31 Å². The van der Waals surface area contributed by atoms with Crippen molar-refractivity contribution in [3.63, 3.8) is 0 Å².